The van der Waals surface area contributed by atoms with Gasteiger partial charge in [-0.2, -0.15) is 0 Å². The van der Waals surface area contributed by atoms with E-state index < -0.39 is 33.4 Å². The molecule has 0 spiro atoms. The van der Waals surface area contributed by atoms with Crippen LogP contribution in [0.4, 0.5) is 19.3 Å². The van der Waals surface area contributed by atoms with Gasteiger partial charge >= 0.3 is 6.03 Å². The molecular formula is C13H8F2N2O4S. The molecule has 2 N–H and O–H groups in total. The Bertz CT molecular complexity index is 884. The van der Waals surface area contributed by atoms with Gasteiger partial charge in [-0.3, -0.25) is 0 Å². The van der Waals surface area contributed by atoms with Crippen LogP contribution >= 0.6 is 0 Å². The number of ether oxygens (including phenoxy) is 1. The molecule has 22 heavy (non-hydrogen) atoms. The first-order chi connectivity index (χ1) is 10.4. The first-order valence-electron chi connectivity index (χ1n) is 5.97. The van der Waals surface area contributed by atoms with Gasteiger partial charge in [-0.1, -0.05) is 12.1 Å². The number of hydrogen-bond donors (Lipinski definition) is 2. The van der Waals surface area contributed by atoms with E-state index in [-0.39, 0.29) is 16.3 Å². The van der Waals surface area contributed by atoms with E-state index in [9.17, 15) is 22.0 Å². The fraction of sp³-hybridized carbons (Fsp3) is 0. The smallest absolute Gasteiger partial charge is 0.333 e. The van der Waals surface area contributed by atoms with E-state index in [1.165, 1.54) is 18.2 Å². The van der Waals surface area contributed by atoms with Crippen molar-refractivity contribution in [3.63, 3.8) is 0 Å². The number of carbonyl (C=O) groups is 1. The van der Waals surface area contributed by atoms with E-state index in [0.717, 1.165) is 18.2 Å². The van der Waals surface area contributed by atoms with E-state index in [0.29, 0.717) is 0 Å². The van der Waals surface area contributed by atoms with Crippen LogP contribution in [0.3, 0.4) is 0 Å². The van der Waals surface area contributed by atoms with Gasteiger partial charge in [-0.25, -0.2) is 26.7 Å². The number of sulfonamides is 1. The van der Waals surface area contributed by atoms with Crippen molar-refractivity contribution in [1.82, 2.24) is 4.72 Å². The molecule has 3 rings (SSSR count). The molecule has 0 bridgehead atoms. The molecule has 1 aliphatic heterocycles. The first-order valence-corrected chi connectivity index (χ1v) is 7.45. The lowest BCUT2D eigenvalue weighted by molar-refractivity contribution is 0.256. The summed E-state index contributed by atoms with van der Waals surface area (Å²) >= 11 is 0. The first kappa shape index (κ1) is 14.3. The SMILES string of the molecule is O=C1Nc2c(ccc(F)c2Oc2ccccc2F)S(=O)(=O)N1. The van der Waals surface area contributed by atoms with Crippen molar-refractivity contribution in [3.8, 4) is 11.5 Å². The molecule has 1 heterocycles. The van der Waals surface area contributed by atoms with E-state index in [1.54, 1.807) is 4.72 Å². The number of hydrogen-bond acceptors (Lipinski definition) is 4. The maximum absolute atomic E-state index is 14.0. The Labute approximate surface area is 123 Å². The number of para-hydroxylation sites is 1. The Morgan fingerprint density at radius 3 is 2.45 bits per heavy atom. The molecule has 6 nitrogen and oxygen atoms in total. The predicted molar refractivity (Wildman–Crippen MR) is 72.2 cm³/mol. The van der Waals surface area contributed by atoms with Crippen LogP contribution in [-0.2, 0) is 10.0 Å². The molecule has 114 valence electrons. The van der Waals surface area contributed by atoms with Gasteiger partial charge < -0.3 is 10.1 Å². The fourth-order valence-corrected chi connectivity index (χ4v) is 3.00. The quantitative estimate of drug-likeness (QED) is 0.888. The van der Waals surface area contributed by atoms with Gasteiger partial charge in [-0.15, -0.1) is 0 Å². The van der Waals surface area contributed by atoms with Crippen molar-refractivity contribution >= 4 is 21.7 Å². The average Bonchev–Trinajstić information content (AvgIpc) is 2.43. The Kier molecular flexibility index (Phi) is 3.21. The molecule has 1 aliphatic rings. The number of anilines is 1. The van der Waals surface area contributed by atoms with Crippen LogP contribution in [0.25, 0.3) is 0 Å². The third-order valence-corrected chi connectivity index (χ3v) is 4.25. The number of benzene rings is 2. The van der Waals surface area contributed by atoms with Gasteiger partial charge in [0.1, 0.15) is 10.6 Å². The molecule has 0 saturated carbocycles. The van der Waals surface area contributed by atoms with E-state index in [1.807, 2.05) is 0 Å². The highest BCUT2D eigenvalue weighted by Crippen LogP contribution is 2.39. The van der Waals surface area contributed by atoms with Crippen molar-refractivity contribution in [1.29, 1.82) is 0 Å². The van der Waals surface area contributed by atoms with Crippen molar-refractivity contribution in [2.75, 3.05) is 5.32 Å². The monoisotopic (exact) mass is 326 g/mol. The molecule has 9 heteroatoms. The minimum absolute atomic E-state index is 0.306. The van der Waals surface area contributed by atoms with Gasteiger partial charge in [0, 0.05) is 0 Å². The van der Waals surface area contributed by atoms with Crippen LogP contribution in [0, 0.1) is 11.6 Å². The minimum Gasteiger partial charge on any atom is -0.449 e. The summed E-state index contributed by atoms with van der Waals surface area (Å²) in [6.45, 7) is 0. The summed E-state index contributed by atoms with van der Waals surface area (Å²) < 4.78 is 58.1. The largest absolute Gasteiger partial charge is 0.449 e. The number of halogens is 2. The Hall–Kier alpha value is -2.68. The van der Waals surface area contributed by atoms with Crippen molar-refractivity contribution in [3.05, 3.63) is 48.0 Å². The lowest BCUT2D eigenvalue weighted by atomic mass is 10.2. The van der Waals surface area contributed by atoms with Crippen LogP contribution in [0.15, 0.2) is 41.3 Å². The highest BCUT2D eigenvalue weighted by Gasteiger charge is 2.32. The van der Waals surface area contributed by atoms with Crippen LogP contribution < -0.4 is 14.8 Å². The summed E-state index contributed by atoms with van der Waals surface area (Å²) in [4.78, 5) is 11.0. The number of rotatable bonds is 2. The Morgan fingerprint density at radius 1 is 1.00 bits per heavy atom. The second-order valence-electron chi connectivity index (χ2n) is 4.34. The molecule has 2 aromatic rings. The summed E-state index contributed by atoms with van der Waals surface area (Å²) in [6.07, 6.45) is 0. The second kappa shape index (κ2) is 4.95. The lowest BCUT2D eigenvalue weighted by Gasteiger charge is -2.21. The molecule has 0 aromatic heterocycles. The average molecular weight is 326 g/mol. The number of nitrogens with one attached hydrogen (secondary N) is 2. The maximum Gasteiger partial charge on any atom is 0.333 e. The van der Waals surface area contributed by atoms with Gasteiger partial charge in [-0.05, 0) is 24.3 Å². The topological polar surface area (TPSA) is 84.5 Å². The lowest BCUT2D eigenvalue weighted by Crippen LogP contribution is -2.39. The summed E-state index contributed by atoms with van der Waals surface area (Å²) in [5, 5.41) is 2.15. The van der Waals surface area contributed by atoms with Crippen molar-refractivity contribution in [2.24, 2.45) is 0 Å². The molecule has 0 saturated heterocycles. The van der Waals surface area contributed by atoms with Crippen LogP contribution in [0.2, 0.25) is 0 Å². The molecule has 0 fully saturated rings. The van der Waals surface area contributed by atoms with Crippen molar-refractivity contribution in [2.45, 2.75) is 4.90 Å². The van der Waals surface area contributed by atoms with E-state index in [2.05, 4.69) is 5.32 Å². The Balaban J connectivity index is 2.17. The summed E-state index contributed by atoms with van der Waals surface area (Å²) in [5.41, 5.74) is -0.382. The van der Waals surface area contributed by atoms with Crippen LogP contribution in [-0.4, -0.2) is 14.4 Å². The third-order valence-electron chi connectivity index (χ3n) is 2.88. The molecular weight excluding hydrogens is 318 g/mol. The standard InChI is InChI=1S/C13H8F2N2O4S/c14-7-3-1-2-4-9(7)21-12-8(15)5-6-10-11(12)16-13(18)17-22(10,19)20/h1-6H,(H2,16,17,18). The zero-order chi connectivity index (χ0) is 15.9. The summed E-state index contributed by atoms with van der Waals surface area (Å²) in [5.74, 6) is -2.59. The number of fused-ring (bicyclic) bond motifs is 1. The molecule has 0 unspecified atom stereocenters. The van der Waals surface area contributed by atoms with Gasteiger partial charge in [0.25, 0.3) is 10.0 Å². The Morgan fingerprint density at radius 2 is 1.73 bits per heavy atom. The zero-order valence-corrected chi connectivity index (χ0v) is 11.6. The highest BCUT2D eigenvalue weighted by atomic mass is 32.2. The zero-order valence-electron chi connectivity index (χ0n) is 10.8. The molecule has 0 aliphatic carbocycles. The summed E-state index contributed by atoms with van der Waals surface area (Å²) in [7, 11) is -4.14. The normalized spacial score (nSPS) is 15.5. The third kappa shape index (κ3) is 2.35. The fourth-order valence-electron chi connectivity index (χ4n) is 1.93. The van der Waals surface area contributed by atoms with Crippen molar-refractivity contribution < 1.29 is 26.7 Å². The van der Waals surface area contributed by atoms with Gasteiger partial charge in [0.05, 0.1) is 0 Å². The number of urea groups is 1. The number of carbonyl (C=O) groups excluding carboxylic acids is 1. The predicted octanol–water partition coefficient (Wildman–Crippen LogP) is 2.58. The van der Waals surface area contributed by atoms with Gasteiger partial charge in [0.15, 0.2) is 23.1 Å². The van der Waals surface area contributed by atoms with E-state index >= 15 is 0 Å². The van der Waals surface area contributed by atoms with Crippen LogP contribution in [0.1, 0.15) is 0 Å². The van der Waals surface area contributed by atoms with E-state index in [4.69, 9.17) is 4.74 Å². The second-order valence-corrected chi connectivity index (χ2v) is 5.99. The van der Waals surface area contributed by atoms with Crippen LogP contribution in [0.5, 0.6) is 11.5 Å². The molecule has 0 radical (unpaired) electrons. The molecule has 0 atom stereocenters. The number of amides is 2. The maximum atomic E-state index is 14.0. The molecule has 2 aromatic carbocycles. The molecule has 2 amide bonds. The van der Waals surface area contributed by atoms with Gasteiger partial charge in [0.2, 0.25) is 0 Å². The minimum atomic E-state index is -4.14. The summed E-state index contributed by atoms with van der Waals surface area (Å²) in [6, 6.07) is 5.98. The highest BCUT2D eigenvalue weighted by molar-refractivity contribution is 7.90.